The van der Waals surface area contributed by atoms with E-state index in [0.29, 0.717) is 38.1 Å². The second kappa shape index (κ2) is 16.8. The number of benzene rings is 1. The summed E-state index contributed by atoms with van der Waals surface area (Å²) >= 11 is 0. The van der Waals surface area contributed by atoms with Gasteiger partial charge in [0.15, 0.2) is 11.5 Å². The van der Waals surface area contributed by atoms with Gasteiger partial charge >= 0.3 is 0 Å². The highest BCUT2D eigenvalue weighted by atomic mass is 35.5. The molecule has 194 valence electrons. The average Bonchev–Trinajstić information content (AvgIpc) is 3.15. The van der Waals surface area contributed by atoms with Crippen LogP contribution in [0.4, 0.5) is 0 Å². The van der Waals surface area contributed by atoms with Crippen molar-refractivity contribution in [1.82, 2.24) is 4.90 Å². The van der Waals surface area contributed by atoms with Gasteiger partial charge in [-0.05, 0) is 48.8 Å². The molecule has 1 aliphatic rings. The Morgan fingerprint density at radius 3 is 2.45 bits per heavy atom. The number of aliphatic hydroxyl groups excluding tert-OH is 2. The quantitative estimate of drug-likeness (QED) is 0.331. The van der Waals surface area contributed by atoms with Crippen molar-refractivity contribution < 1.29 is 24.4 Å². The van der Waals surface area contributed by atoms with E-state index in [1.54, 1.807) is 14.2 Å². The number of β-amino-alcohol motifs (C(OH)–C–C–N with tert-alkyl or cyclic N) is 2. The van der Waals surface area contributed by atoms with E-state index in [2.05, 4.69) is 30.9 Å². The molecule has 4 atom stereocenters. The number of hydrogen-bond donors (Lipinski definition) is 3. The molecule has 0 saturated carbocycles. The van der Waals surface area contributed by atoms with Gasteiger partial charge in [0.1, 0.15) is 0 Å². The van der Waals surface area contributed by atoms with Gasteiger partial charge < -0.3 is 30.2 Å². The van der Waals surface area contributed by atoms with Crippen LogP contribution in [-0.4, -0.2) is 80.4 Å². The molecule has 0 spiro atoms. The van der Waals surface area contributed by atoms with Crippen molar-refractivity contribution in [2.75, 3.05) is 47.1 Å². The number of aliphatic hydroxyl groups is 2. The summed E-state index contributed by atoms with van der Waals surface area (Å²) in [4.78, 5) is 2.09. The van der Waals surface area contributed by atoms with Gasteiger partial charge in [-0.1, -0.05) is 19.9 Å². The summed E-state index contributed by atoms with van der Waals surface area (Å²) in [6.07, 6.45) is 2.31. The summed E-state index contributed by atoms with van der Waals surface area (Å²) in [5, 5.41) is 20.3. The van der Waals surface area contributed by atoms with Crippen molar-refractivity contribution in [1.29, 1.82) is 0 Å². The maximum atomic E-state index is 10.6. The molecule has 1 heterocycles. The summed E-state index contributed by atoms with van der Waals surface area (Å²) in [6.45, 7) is 7.59. The van der Waals surface area contributed by atoms with Crippen molar-refractivity contribution in [2.45, 2.75) is 57.8 Å². The lowest BCUT2D eigenvalue weighted by atomic mass is 9.83. The zero-order chi connectivity index (χ0) is 22.8. The molecule has 1 aliphatic heterocycles. The highest BCUT2D eigenvalue weighted by Gasteiger charge is 2.27. The highest BCUT2D eigenvalue weighted by Crippen LogP contribution is 2.31. The first-order valence-corrected chi connectivity index (χ1v) is 11.5. The van der Waals surface area contributed by atoms with Crippen molar-refractivity contribution >= 4 is 24.8 Å². The topological polar surface area (TPSA) is 97.4 Å². The first kappa shape index (κ1) is 32.2. The van der Waals surface area contributed by atoms with E-state index in [9.17, 15) is 10.2 Å². The van der Waals surface area contributed by atoms with Gasteiger partial charge in [-0.15, -0.1) is 24.8 Å². The van der Waals surface area contributed by atoms with E-state index in [1.807, 2.05) is 6.07 Å². The van der Waals surface area contributed by atoms with Crippen LogP contribution >= 0.6 is 24.8 Å². The molecule has 1 fully saturated rings. The minimum Gasteiger partial charge on any atom is -0.493 e. The second-order valence-corrected chi connectivity index (χ2v) is 9.06. The molecule has 33 heavy (non-hydrogen) atoms. The number of nitrogens with zero attached hydrogens (tertiary/aromatic N) is 1. The molecule has 2 rings (SSSR count). The maximum Gasteiger partial charge on any atom is 0.161 e. The fraction of sp³-hybridized carbons (Fsp3) is 0.750. The number of methoxy groups -OCH3 is 2. The molecular weight excluding hydrogens is 467 g/mol. The minimum atomic E-state index is -0.595. The van der Waals surface area contributed by atoms with Gasteiger partial charge in [0.05, 0.1) is 25.9 Å². The van der Waals surface area contributed by atoms with Crippen LogP contribution in [0.25, 0.3) is 0 Å². The Balaban J connectivity index is 0.00000512. The van der Waals surface area contributed by atoms with E-state index < -0.39 is 6.10 Å². The Bertz CT molecular complexity index is 653. The van der Waals surface area contributed by atoms with Gasteiger partial charge in [-0.3, -0.25) is 4.90 Å². The van der Waals surface area contributed by atoms with Crippen LogP contribution in [-0.2, 0) is 11.2 Å². The molecule has 1 aromatic carbocycles. The van der Waals surface area contributed by atoms with Gasteiger partial charge in [-0.2, -0.15) is 0 Å². The van der Waals surface area contributed by atoms with Gasteiger partial charge in [0.25, 0.3) is 0 Å². The summed E-state index contributed by atoms with van der Waals surface area (Å²) in [6, 6.07) is 5.78. The fourth-order valence-corrected chi connectivity index (χ4v) is 4.12. The summed E-state index contributed by atoms with van der Waals surface area (Å²) in [7, 11) is 3.33. The molecule has 1 saturated heterocycles. The molecule has 0 amide bonds. The molecule has 0 unspecified atom stereocenters. The molecule has 7 nitrogen and oxygen atoms in total. The average molecular weight is 512 g/mol. The maximum absolute atomic E-state index is 10.6. The Hall–Kier alpha value is -0.800. The normalized spacial score (nSPS) is 18.8. The van der Waals surface area contributed by atoms with Crippen LogP contribution in [0.15, 0.2) is 18.2 Å². The lowest BCUT2D eigenvalue weighted by Gasteiger charge is -2.29. The Labute approximate surface area is 211 Å². The smallest absolute Gasteiger partial charge is 0.161 e. The predicted octanol–water partition coefficient (Wildman–Crippen LogP) is 2.91. The summed E-state index contributed by atoms with van der Waals surface area (Å²) in [5.41, 5.74) is 7.57. The fourth-order valence-electron chi connectivity index (χ4n) is 4.12. The molecule has 1 aromatic rings. The van der Waals surface area contributed by atoms with Crippen molar-refractivity contribution in [2.24, 2.45) is 17.6 Å². The van der Waals surface area contributed by atoms with Gasteiger partial charge in [-0.25, -0.2) is 0 Å². The van der Waals surface area contributed by atoms with Crippen LogP contribution in [0.2, 0.25) is 0 Å². The SMILES string of the molecule is COCCCOc1cc(C[C@@H](C[C@H](N)[C@@H](O)CN2CC[C@H](O)C2)C(C)C)ccc1OC.Cl.Cl. The predicted molar refractivity (Wildman–Crippen MR) is 137 cm³/mol. The monoisotopic (exact) mass is 510 g/mol. The molecular formula is C24H44Cl2N2O5. The zero-order valence-electron chi connectivity index (χ0n) is 20.4. The lowest BCUT2D eigenvalue weighted by Crippen LogP contribution is -2.44. The Morgan fingerprint density at radius 1 is 1.15 bits per heavy atom. The van der Waals surface area contributed by atoms with Gasteiger partial charge in [0.2, 0.25) is 0 Å². The molecule has 4 N–H and O–H groups in total. The molecule has 0 aromatic heterocycles. The molecule has 0 radical (unpaired) electrons. The number of rotatable bonds is 14. The number of ether oxygens (including phenoxy) is 3. The van der Waals surface area contributed by atoms with E-state index in [1.165, 1.54) is 5.56 Å². The number of nitrogens with two attached hydrogens (primary N) is 1. The van der Waals surface area contributed by atoms with Crippen molar-refractivity contribution in [3.8, 4) is 11.5 Å². The second-order valence-electron chi connectivity index (χ2n) is 9.06. The van der Waals surface area contributed by atoms with E-state index in [-0.39, 0.29) is 37.0 Å². The Kier molecular flexibility index (Phi) is 16.4. The third-order valence-corrected chi connectivity index (χ3v) is 6.18. The zero-order valence-corrected chi connectivity index (χ0v) is 22.1. The largest absolute Gasteiger partial charge is 0.493 e. The van der Waals surface area contributed by atoms with Crippen LogP contribution in [0.1, 0.15) is 38.7 Å². The van der Waals surface area contributed by atoms with Crippen molar-refractivity contribution in [3.63, 3.8) is 0 Å². The summed E-state index contributed by atoms with van der Waals surface area (Å²) in [5.74, 6) is 2.24. The molecule has 0 aliphatic carbocycles. The number of halogens is 2. The summed E-state index contributed by atoms with van der Waals surface area (Å²) < 4.78 is 16.4. The third kappa shape index (κ3) is 11.0. The highest BCUT2D eigenvalue weighted by molar-refractivity contribution is 5.85. The van der Waals surface area contributed by atoms with Gasteiger partial charge in [0, 0.05) is 45.8 Å². The van der Waals surface area contributed by atoms with Crippen LogP contribution in [0, 0.1) is 11.8 Å². The first-order chi connectivity index (χ1) is 14.8. The van der Waals surface area contributed by atoms with Crippen molar-refractivity contribution in [3.05, 3.63) is 23.8 Å². The molecule has 9 heteroatoms. The first-order valence-electron chi connectivity index (χ1n) is 11.5. The number of likely N-dealkylation sites (tertiary alicyclic amines) is 1. The van der Waals surface area contributed by atoms with E-state index in [4.69, 9.17) is 19.9 Å². The van der Waals surface area contributed by atoms with Crippen LogP contribution in [0.3, 0.4) is 0 Å². The standard InChI is InChI=1S/C24H42N2O5.2ClH/c1-17(2)19(14-21(25)22(28)16-26-9-8-20(27)15-26)12-18-6-7-23(30-4)24(13-18)31-11-5-10-29-3;;/h6-7,13,17,19-22,27-28H,5,8-12,14-16,25H2,1-4H3;2*1H/t19-,20-,21-,22-;;/m0../s1. The van der Waals surface area contributed by atoms with E-state index >= 15 is 0 Å². The third-order valence-electron chi connectivity index (χ3n) is 6.18. The number of hydrogen-bond acceptors (Lipinski definition) is 7. The van der Waals surface area contributed by atoms with Crippen LogP contribution < -0.4 is 15.2 Å². The lowest BCUT2D eigenvalue weighted by molar-refractivity contribution is 0.0823. The molecule has 0 bridgehead atoms. The Morgan fingerprint density at radius 2 is 1.88 bits per heavy atom. The van der Waals surface area contributed by atoms with Crippen LogP contribution in [0.5, 0.6) is 11.5 Å². The minimum absolute atomic E-state index is 0. The van der Waals surface area contributed by atoms with E-state index in [0.717, 1.165) is 43.7 Å².